The van der Waals surface area contributed by atoms with E-state index in [-0.39, 0.29) is 11.7 Å². The van der Waals surface area contributed by atoms with Gasteiger partial charge in [0.15, 0.2) is 11.5 Å². The zero-order valence-electron chi connectivity index (χ0n) is 18.7. The van der Waals surface area contributed by atoms with E-state index in [0.29, 0.717) is 22.7 Å². The van der Waals surface area contributed by atoms with Gasteiger partial charge in [0.2, 0.25) is 0 Å². The number of benzene rings is 2. The minimum atomic E-state index is -0.808. The molecule has 8 nitrogen and oxygen atoms in total. The molecule has 0 bridgehead atoms. The smallest absolute Gasteiger partial charge is 0.251 e. The Bertz CT molecular complexity index is 1330. The summed E-state index contributed by atoms with van der Waals surface area (Å²) < 4.78 is 22.2. The van der Waals surface area contributed by atoms with E-state index in [9.17, 15) is 9.18 Å². The molecule has 1 fully saturated rings. The highest BCUT2D eigenvalue weighted by Crippen LogP contribution is 2.27. The minimum Gasteiger partial charge on any atom is -0.490 e. The van der Waals surface area contributed by atoms with Crippen LogP contribution in [0.25, 0.3) is 16.9 Å². The largest absolute Gasteiger partial charge is 0.490 e. The molecule has 1 saturated heterocycles. The summed E-state index contributed by atoms with van der Waals surface area (Å²) in [7, 11) is 2.13. The molecule has 4 aromatic rings. The van der Waals surface area contributed by atoms with Crippen LogP contribution in [0, 0.1) is 5.82 Å². The maximum atomic E-state index is 14.3. The van der Waals surface area contributed by atoms with Gasteiger partial charge in [-0.1, -0.05) is 6.07 Å². The molecule has 1 amide bonds. The molecule has 0 saturated carbocycles. The number of carbonyl (C=O) groups excluding carboxylic acids is 1. The molecule has 34 heavy (non-hydrogen) atoms. The van der Waals surface area contributed by atoms with Crippen molar-refractivity contribution < 1.29 is 13.9 Å². The summed E-state index contributed by atoms with van der Waals surface area (Å²) in [5.74, 6) is -0.0805. The predicted molar refractivity (Wildman–Crippen MR) is 128 cm³/mol. The quantitative estimate of drug-likeness (QED) is 0.454. The fourth-order valence-corrected chi connectivity index (χ4v) is 4.14. The summed E-state index contributed by atoms with van der Waals surface area (Å²) in [5.41, 5.74) is 7.68. The summed E-state index contributed by atoms with van der Waals surface area (Å²) in [5, 5.41) is 3.29. The van der Waals surface area contributed by atoms with Crippen LogP contribution in [0.4, 0.5) is 15.9 Å². The van der Waals surface area contributed by atoms with Gasteiger partial charge in [-0.3, -0.25) is 9.20 Å². The molecular formula is C25H25FN6O2. The fraction of sp³-hybridized carbons (Fsp3) is 0.240. The molecule has 3 N–H and O–H groups in total. The number of aromatic nitrogens is 3. The number of likely N-dealkylation sites (tertiary alicyclic amines) is 1. The second-order valence-electron chi connectivity index (χ2n) is 8.44. The number of amides is 1. The van der Waals surface area contributed by atoms with Crippen LogP contribution in [0.3, 0.4) is 0 Å². The Labute approximate surface area is 196 Å². The Balaban J connectivity index is 1.35. The van der Waals surface area contributed by atoms with Crippen molar-refractivity contribution in [1.29, 1.82) is 0 Å². The number of ether oxygens (including phenoxy) is 1. The van der Waals surface area contributed by atoms with Crippen LogP contribution in [-0.4, -0.2) is 51.4 Å². The molecule has 1 aliphatic heterocycles. The van der Waals surface area contributed by atoms with Crippen LogP contribution in [0.1, 0.15) is 23.2 Å². The zero-order chi connectivity index (χ0) is 23.7. The fourth-order valence-electron chi connectivity index (χ4n) is 4.14. The van der Waals surface area contributed by atoms with Gasteiger partial charge in [-0.15, -0.1) is 0 Å². The van der Waals surface area contributed by atoms with E-state index in [0.717, 1.165) is 37.4 Å². The van der Waals surface area contributed by atoms with Crippen molar-refractivity contribution in [1.82, 2.24) is 19.3 Å². The lowest BCUT2D eigenvalue weighted by Crippen LogP contribution is -2.35. The molecule has 0 aliphatic carbocycles. The van der Waals surface area contributed by atoms with Gasteiger partial charge in [-0.2, -0.15) is 0 Å². The third-order valence-corrected chi connectivity index (χ3v) is 6.04. The highest BCUT2D eigenvalue weighted by atomic mass is 19.1. The number of halogens is 1. The van der Waals surface area contributed by atoms with Gasteiger partial charge < -0.3 is 20.7 Å². The first-order chi connectivity index (χ1) is 16.5. The van der Waals surface area contributed by atoms with Gasteiger partial charge in [0.05, 0.1) is 17.5 Å². The molecule has 1 aliphatic rings. The number of piperidine rings is 1. The Hall–Kier alpha value is -3.98. The van der Waals surface area contributed by atoms with E-state index in [2.05, 4.69) is 27.2 Å². The number of imidazole rings is 1. The first-order valence-electron chi connectivity index (χ1n) is 11.1. The number of nitrogens with two attached hydrogens (primary N) is 1. The topological polar surface area (TPSA) is 97.8 Å². The van der Waals surface area contributed by atoms with Gasteiger partial charge in [0.1, 0.15) is 17.7 Å². The van der Waals surface area contributed by atoms with Crippen LogP contribution < -0.4 is 15.8 Å². The number of primary amides is 1. The first-order valence-corrected chi connectivity index (χ1v) is 11.1. The van der Waals surface area contributed by atoms with Crippen LogP contribution in [-0.2, 0) is 0 Å². The Morgan fingerprint density at radius 1 is 1.15 bits per heavy atom. The lowest BCUT2D eigenvalue weighted by molar-refractivity contribution is 0.0996. The van der Waals surface area contributed by atoms with E-state index < -0.39 is 11.7 Å². The van der Waals surface area contributed by atoms with E-state index in [1.165, 1.54) is 12.1 Å². The molecule has 0 atom stereocenters. The maximum Gasteiger partial charge on any atom is 0.251 e. The van der Waals surface area contributed by atoms with Gasteiger partial charge in [-0.25, -0.2) is 14.4 Å². The number of nitrogens with one attached hydrogen (secondary N) is 1. The summed E-state index contributed by atoms with van der Waals surface area (Å²) >= 11 is 0. The van der Waals surface area contributed by atoms with Gasteiger partial charge in [0, 0.05) is 36.7 Å². The number of carbonyl (C=O) groups is 1. The molecular weight excluding hydrogens is 435 g/mol. The third kappa shape index (κ3) is 4.42. The average Bonchev–Trinajstić information content (AvgIpc) is 3.32. The van der Waals surface area contributed by atoms with E-state index in [1.807, 2.05) is 28.7 Å². The van der Waals surface area contributed by atoms with Crippen LogP contribution in [0.5, 0.6) is 5.75 Å². The summed E-state index contributed by atoms with van der Waals surface area (Å²) in [6.07, 6.45) is 7.36. The molecule has 0 unspecified atom stereocenters. The normalized spacial score (nSPS) is 14.9. The van der Waals surface area contributed by atoms with Crippen molar-refractivity contribution in [3.05, 3.63) is 72.4 Å². The Kier molecular flexibility index (Phi) is 5.85. The maximum absolute atomic E-state index is 14.3. The molecule has 174 valence electrons. The van der Waals surface area contributed by atoms with Crippen molar-refractivity contribution in [2.45, 2.75) is 18.9 Å². The molecule has 5 rings (SSSR count). The number of anilines is 2. The van der Waals surface area contributed by atoms with Crippen molar-refractivity contribution in [2.75, 3.05) is 25.5 Å². The first kappa shape index (κ1) is 21.8. The molecule has 9 heteroatoms. The third-order valence-electron chi connectivity index (χ3n) is 6.04. The van der Waals surface area contributed by atoms with Crippen molar-refractivity contribution in [3.63, 3.8) is 0 Å². The van der Waals surface area contributed by atoms with Gasteiger partial charge in [0.25, 0.3) is 5.91 Å². The summed E-state index contributed by atoms with van der Waals surface area (Å²) in [4.78, 5) is 22.6. The van der Waals surface area contributed by atoms with Crippen molar-refractivity contribution >= 4 is 23.1 Å². The number of hydrogen-bond acceptors (Lipinski definition) is 6. The number of fused-ring (bicyclic) bond motifs is 1. The highest BCUT2D eigenvalue weighted by Gasteiger charge is 2.18. The van der Waals surface area contributed by atoms with Crippen LogP contribution in [0.15, 0.2) is 61.1 Å². The number of nitrogens with zero attached hydrogens (tertiary/aromatic N) is 4. The Morgan fingerprint density at radius 3 is 2.62 bits per heavy atom. The average molecular weight is 461 g/mol. The second-order valence-corrected chi connectivity index (χ2v) is 8.44. The summed E-state index contributed by atoms with van der Waals surface area (Å²) in [6.45, 7) is 2.10. The monoisotopic (exact) mass is 460 g/mol. The second kappa shape index (κ2) is 9.11. The molecule has 2 aromatic carbocycles. The van der Waals surface area contributed by atoms with Crippen LogP contribution in [0.2, 0.25) is 0 Å². The van der Waals surface area contributed by atoms with Crippen molar-refractivity contribution in [2.24, 2.45) is 5.73 Å². The lowest BCUT2D eigenvalue weighted by atomic mass is 10.1. The highest BCUT2D eigenvalue weighted by molar-refractivity contribution is 5.93. The number of rotatable bonds is 6. The van der Waals surface area contributed by atoms with Crippen molar-refractivity contribution in [3.8, 4) is 17.0 Å². The molecule has 0 radical (unpaired) electrons. The van der Waals surface area contributed by atoms with E-state index >= 15 is 0 Å². The summed E-state index contributed by atoms with van der Waals surface area (Å²) in [6, 6.07) is 12.1. The van der Waals surface area contributed by atoms with Gasteiger partial charge >= 0.3 is 0 Å². The van der Waals surface area contributed by atoms with Crippen LogP contribution >= 0.6 is 0 Å². The Morgan fingerprint density at radius 2 is 1.91 bits per heavy atom. The predicted octanol–water partition coefficient (Wildman–Crippen LogP) is 3.85. The van der Waals surface area contributed by atoms with E-state index in [4.69, 9.17) is 10.5 Å². The lowest BCUT2D eigenvalue weighted by Gasteiger charge is -2.29. The van der Waals surface area contributed by atoms with Gasteiger partial charge in [-0.05, 0) is 56.3 Å². The zero-order valence-corrected chi connectivity index (χ0v) is 18.7. The molecule has 2 aromatic heterocycles. The standard InChI is InChI=1S/C25H25FN6O2/c1-31-11-8-19(9-12-31)34-18-5-3-17(4-6-18)30-24-25-28-10-13-32(25)22(15-29-24)16-2-7-20(23(27)33)21(26)14-16/h2-7,10,13-15,19H,8-9,11-12H2,1H3,(H2,27,33)(H,29,30). The minimum absolute atomic E-state index is 0.153. The molecule has 0 spiro atoms. The van der Waals surface area contributed by atoms with E-state index in [1.54, 1.807) is 24.7 Å². The SMILES string of the molecule is CN1CCC(Oc2ccc(Nc3ncc(-c4ccc(C(N)=O)c(F)c4)n4ccnc34)cc2)CC1. The molecule has 3 heterocycles. The number of hydrogen-bond donors (Lipinski definition) is 2.